The predicted molar refractivity (Wildman–Crippen MR) is 90.1 cm³/mol. The third kappa shape index (κ3) is 2.36. The van der Waals surface area contributed by atoms with Crippen LogP contribution in [0.1, 0.15) is 35.2 Å². The maximum Gasteiger partial charge on any atom is 0.416 e. The van der Waals surface area contributed by atoms with Crippen molar-refractivity contribution in [3.05, 3.63) is 47.5 Å². The van der Waals surface area contributed by atoms with E-state index in [4.69, 9.17) is 0 Å². The van der Waals surface area contributed by atoms with Crippen molar-refractivity contribution in [3.63, 3.8) is 0 Å². The van der Waals surface area contributed by atoms with Crippen LogP contribution in [-0.4, -0.2) is 22.7 Å². The monoisotopic (exact) mass is 390 g/mol. The first kappa shape index (κ1) is 17.5. The highest BCUT2D eigenvalue weighted by Crippen LogP contribution is 2.67. The van der Waals surface area contributed by atoms with Gasteiger partial charge in [-0.05, 0) is 60.8 Å². The molecule has 1 aliphatic heterocycles. The summed E-state index contributed by atoms with van der Waals surface area (Å²) in [6.07, 6.45) is 2.57. The number of halogens is 3. The molecule has 4 aliphatic carbocycles. The Labute approximate surface area is 158 Å². The molecule has 2 bridgehead atoms. The Morgan fingerprint density at radius 3 is 2.29 bits per heavy atom. The van der Waals surface area contributed by atoms with Crippen LogP contribution in [-0.2, 0) is 15.8 Å². The number of nitrogens with zero attached hydrogens (tertiary/aromatic N) is 1. The van der Waals surface area contributed by atoms with Gasteiger partial charge in [0.25, 0.3) is 17.7 Å². The van der Waals surface area contributed by atoms with Crippen LogP contribution in [0.25, 0.3) is 0 Å². The zero-order valence-electron chi connectivity index (χ0n) is 14.7. The summed E-state index contributed by atoms with van der Waals surface area (Å²) in [4.78, 5) is 38.2. The van der Waals surface area contributed by atoms with Gasteiger partial charge in [-0.1, -0.05) is 12.2 Å². The molecule has 1 heterocycles. The minimum Gasteiger partial charge on any atom is -0.272 e. The van der Waals surface area contributed by atoms with Gasteiger partial charge in [0.05, 0.1) is 17.4 Å². The highest BCUT2D eigenvalue weighted by molar-refractivity contribution is 6.08. The Balaban J connectivity index is 1.36. The second kappa shape index (κ2) is 5.46. The number of carbonyl (C=O) groups excluding carboxylic acids is 3. The molecule has 4 unspecified atom stereocenters. The number of allylic oxidation sites excluding steroid dienone is 2. The van der Waals surface area contributed by atoms with E-state index < -0.39 is 41.3 Å². The second-order valence-corrected chi connectivity index (χ2v) is 8.22. The van der Waals surface area contributed by atoms with E-state index in [0.717, 1.165) is 48.5 Å². The Morgan fingerprint density at radius 1 is 1.04 bits per heavy atom. The van der Waals surface area contributed by atoms with Gasteiger partial charge in [-0.3, -0.25) is 19.8 Å². The van der Waals surface area contributed by atoms with Crippen LogP contribution >= 0.6 is 0 Å². The van der Waals surface area contributed by atoms with Crippen molar-refractivity contribution < 1.29 is 27.6 Å². The topological polar surface area (TPSA) is 66.5 Å². The van der Waals surface area contributed by atoms with Crippen molar-refractivity contribution in [2.24, 2.45) is 29.1 Å². The van der Waals surface area contributed by atoms with E-state index in [1.807, 2.05) is 6.08 Å². The summed E-state index contributed by atoms with van der Waals surface area (Å²) in [7, 11) is 0. The SMILES string of the molecule is O=C(NN1C(=O)C2C3C=CC(C2C1=O)C1(CC1)C3)c1ccc(C(F)(F)F)cc1. The fraction of sp³-hybridized carbons (Fsp3) is 0.450. The fourth-order valence-corrected chi connectivity index (χ4v) is 5.21. The van der Waals surface area contributed by atoms with E-state index in [1.165, 1.54) is 0 Å². The van der Waals surface area contributed by atoms with Gasteiger partial charge in [-0.25, -0.2) is 0 Å². The largest absolute Gasteiger partial charge is 0.416 e. The second-order valence-electron chi connectivity index (χ2n) is 8.22. The quantitative estimate of drug-likeness (QED) is 0.624. The number of hydrazine groups is 1. The highest BCUT2D eigenvalue weighted by atomic mass is 19.4. The summed E-state index contributed by atoms with van der Waals surface area (Å²) in [6, 6.07) is 3.65. The Hall–Kier alpha value is -2.64. The van der Waals surface area contributed by atoms with Crippen LogP contribution in [0.5, 0.6) is 0 Å². The first-order valence-corrected chi connectivity index (χ1v) is 9.26. The van der Waals surface area contributed by atoms with Crippen LogP contribution in [0.2, 0.25) is 0 Å². The van der Waals surface area contributed by atoms with Crippen LogP contribution in [0.15, 0.2) is 36.4 Å². The molecule has 1 saturated heterocycles. The van der Waals surface area contributed by atoms with E-state index >= 15 is 0 Å². The number of imide groups is 1. The standard InChI is InChI=1S/C20H17F3N2O3/c21-20(22,23)12-4-1-10(2-5-12)16(26)24-25-17(27)14-11-3-6-13(15(14)18(25)28)19(9-11)7-8-19/h1-6,11,13-15H,7-9H2,(H,24,26). The summed E-state index contributed by atoms with van der Waals surface area (Å²) >= 11 is 0. The maximum atomic E-state index is 12.9. The summed E-state index contributed by atoms with van der Waals surface area (Å²) in [6.45, 7) is 0. The summed E-state index contributed by atoms with van der Waals surface area (Å²) in [5.74, 6) is -2.51. The molecular formula is C20H17F3N2O3. The number of carbonyl (C=O) groups is 3. The molecule has 2 saturated carbocycles. The molecule has 28 heavy (non-hydrogen) atoms. The van der Waals surface area contributed by atoms with Crippen molar-refractivity contribution in [1.82, 2.24) is 10.4 Å². The normalized spacial score (nSPS) is 32.0. The molecule has 146 valence electrons. The van der Waals surface area contributed by atoms with E-state index in [1.54, 1.807) is 0 Å². The molecule has 8 heteroatoms. The third-order valence-electron chi connectivity index (χ3n) is 6.74. The van der Waals surface area contributed by atoms with E-state index in [9.17, 15) is 27.6 Å². The van der Waals surface area contributed by atoms with Crippen LogP contribution in [0.3, 0.4) is 0 Å². The first-order valence-electron chi connectivity index (χ1n) is 9.26. The molecule has 1 N–H and O–H groups in total. The van der Waals surface area contributed by atoms with Gasteiger partial charge in [-0.15, -0.1) is 0 Å². The molecule has 4 atom stereocenters. The minimum atomic E-state index is -4.50. The lowest BCUT2D eigenvalue weighted by Gasteiger charge is -2.44. The van der Waals surface area contributed by atoms with Crippen molar-refractivity contribution in [1.29, 1.82) is 0 Å². The Morgan fingerprint density at radius 2 is 1.68 bits per heavy atom. The van der Waals surface area contributed by atoms with Gasteiger partial charge in [0.1, 0.15) is 0 Å². The average molecular weight is 390 g/mol. The van der Waals surface area contributed by atoms with Gasteiger partial charge in [0, 0.05) is 5.56 Å². The Kier molecular flexibility index (Phi) is 3.40. The number of hydrogen-bond donors (Lipinski definition) is 1. The fourth-order valence-electron chi connectivity index (χ4n) is 5.21. The van der Waals surface area contributed by atoms with Crippen molar-refractivity contribution >= 4 is 17.7 Å². The molecule has 0 radical (unpaired) electrons. The molecule has 1 aromatic rings. The molecule has 5 nitrogen and oxygen atoms in total. The van der Waals surface area contributed by atoms with Gasteiger partial charge >= 0.3 is 6.18 Å². The van der Waals surface area contributed by atoms with Crippen molar-refractivity contribution in [2.75, 3.05) is 0 Å². The Bertz CT molecular complexity index is 918. The maximum absolute atomic E-state index is 12.9. The van der Waals surface area contributed by atoms with Crippen molar-refractivity contribution in [3.8, 4) is 0 Å². The third-order valence-corrected chi connectivity index (χ3v) is 6.74. The number of amides is 3. The molecule has 3 fully saturated rings. The van der Waals surface area contributed by atoms with Gasteiger partial charge < -0.3 is 0 Å². The van der Waals surface area contributed by atoms with E-state index in [0.29, 0.717) is 0 Å². The van der Waals surface area contributed by atoms with Gasteiger partial charge in [-0.2, -0.15) is 18.2 Å². The van der Waals surface area contributed by atoms with E-state index in [2.05, 4.69) is 11.5 Å². The molecule has 5 aliphatic rings. The predicted octanol–water partition coefficient (Wildman–Crippen LogP) is 2.94. The van der Waals surface area contributed by atoms with E-state index in [-0.39, 0.29) is 22.8 Å². The zero-order chi connectivity index (χ0) is 19.8. The summed E-state index contributed by atoms with van der Waals surface area (Å²) < 4.78 is 38.0. The average Bonchev–Trinajstić information content (AvgIpc) is 3.37. The molecular weight excluding hydrogens is 373 g/mol. The van der Waals surface area contributed by atoms with Gasteiger partial charge in [0.15, 0.2) is 0 Å². The van der Waals surface area contributed by atoms with Crippen molar-refractivity contribution in [2.45, 2.75) is 25.4 Å². The van der Waals surface area contributed by atoms with Crippen LogP contribution in [0, 0.1) is 29.1 Å². The van der Waals surface area contributed by atoms with Gasteiger partial charge in [0.2, 0.25) is 0 Å². The minimum absolute atomic E-state index is 0.00178. The first-order chi connectivity index (χ1) is 13.2. The smallest absolute Gasteiger partial charge is 0.272 e. The molecule has 3 amide bonds. The molecule has 1 aromatic carbocycles. The lowest BCUT2D eigenvalue weighted by Crippen LogP contribution is -2.47. The number of nitrogens with one attached hydrogen (secondary N) is 1. The summed E-state index contributed by atoms with van der Waals surface area (Å²) in [5.41, 5.74) is 1.51. The lowest BCUT2D eigenvalue weighted by atomic mass is 9.57. The molecule has 6 rings (SSSR count). The number of alkyl halides is 3. The summed E-state index contributed by atoms with van der Waals surface area (Å²) in [5, 5.41) is 0.781. The molecule has 1 spiro atoms. The number of hydrogen-bond acceptors (Lipinski definition) is 3. The molecule has 0 aromatic heterocycles. The van der Waals surface area contributed by atoms with Crippen LogP contribution in [0.4, 0.5) is 13.2 Å². The zero-order valence-corrected chi connectivity index (χ0v) is 14.7. The number of benzene rings is 1. The lowest BCUT2D eigenvalue weighted by molar-refractivity contribution is -0.143. The van der Waals surface area contributed by atoms with Crippen LogP contribution < -0.4 is 5.43 Å². The number of rotatable bonds is 2. The highest BCUT2D eigenvalue weighted by Gasteiger charge is 2.67.